The topological polar surface area (TPSA) is 154 Å². The highest BCUT2D eigenvalue weighted by atomic mass is 16.5. The van der Waals surface area contributed by atoms with Gasteiger partial charge in [-0.2, -0.15) is 0 Å². The number of aliphatic carboxylic acids is 1. The van der Waals surface area contributed by atoms with E-state index in [4.69, 9.17) is 15.6 Å². The summed E-state index contributed by atoms with van der Waals surface area (Å²) in [5.74, 6) is -3.14. The fraction of sp³-hybridized carbons (Fsp3) is 0.429. The molecule has 3 N–H and O–H groups in total. The lowest BCUT2D eigenvalue weighted by molar-refractivity contribution is -0.154. The molecule has 1 atom stereocenters. The normalized spacial score (nSPS) is 20.4. The lowest BCUT2D eigenvalue weighted by Crippen LogP contribution is -2.34. The molecule has 0 fully saturated rings. The first-order valence-electron chi connectivity index (χ1n) is 7.05. The average Bonchev–Trinajstić information content (AvgIpc) is 2.93. The van der Waals surface area contributed by atoms with Crippen LogP contribution in [0.1, 0.15) is 25.5 Å². The molecule has 1 aromatic rings. The standard InChI is InChI=1S/C14H16N4O6/c1-14(3-2-10(19)9(4-14)12(21)22)13(23)24-7-8-5-18(17-16-8)6-11(15)20/h4-5H,2-3,6-7H2,1H3,(H2,15,20)(H,21,22). The number of carbonyl (C=O) groups is 4. The molecule has 0 saturated carbocycles. The average molecular weight is 336 g/mol. The van der Waals surface area contributed by atoms with Crippen molar-refractivity contribution in [3.63, 3.8) is 0 Å². The van der Waals surface area contributed by atoms with Gasteiger partial charge in [-0.3, -0.25) is 14.4 Å². The highest BCUT2D eigenvalue weighted by Gasteiger charge is 2.39. The summed E-state index contributed by atoms with van der Waals surface area (Å²) in [4.78, 5) is 45.6. The van der Waals surface area contributed by atoms with Gasteiger partial charge in [-0.15, -0.1) is 5.10 Å². The fourth-order valence-corrected chi connectivity index (χ4v) is 2.27. The van der Waals surface area contributed by atoms with Crippen LogP contribution in [0.2, 0.25) is 0 Å². The van der Waals surface area contributed by atoms with E-state index in [0.717, 1.165) is 6.08 Å². The Labute approximate surface area is 136 Å². The minimum atomic E-state index is -1.37. The van der Waals surface area contributed by atoms with Gasteiger partial charge < -0.3 is 15.6 Å². The molecule has 0 saturated heterocycles. The molecule has 1 unspecified atom stereocenters. The van der Waals surface area contributed by atoms with E-state index in [0.29, 0.717) is 5.69 Å². The molecule has 1 aliphatic carbocycles. The van der Waals surface area contributed by atoms with Gasteiger partial charge >= 0.3 is 11.9 Å². The van der Waals surface area contributed by atoms with Crippen LogP contribution in [0.15, 0.2) is 17.8 Å². The molecule has 0 spiro atoms. The number of esters is 1. The number of hydrogen-bond donors (Lipinski definition) is 2. The zero-order valence-corrected chi connectivity index (χ0v) is 12.9. The van der Waals surface area contributed by atoms with Crippen LogP contribution in [-0.2, 0) is 37.1 Å². The second-order valence-electron chi connectivity index (χ2n) is 5.65. The Morgan fingerprint density at radius 3 is 2.79 bits per heavy atom. The molecule has 128 valence electrons. The van der Waals surface area contributed by atoms with E-state index in [1.807, 2.05) is 0 Å². The first-order chi connectivity index (χ1) is 11.2. The smallest absolute Gasteiger partial charge is 0.339 e. The highest BCUT2D eigenvalue weighted by Crippen LogP contribution is 2.33. The number of ether oxygens (including phenoxy) is 1. The summed E-state index contributed by atoms with van der Waals surface area (Å²) in [5.41, 5.74) is 3.72. The summed E-state index contributed by atoms with van der Waals surface area (Å²) in [6.07, 6.45) is 2.66. The van der Waals surface area contributed by atoms with Crippen molar-refractivity contribution in [1.82, 2.24) is 15.0 Å². The van der Waals surface area contributed by atoms with Crippen LogP contribution < -0.4 is 5.73 Å². The maximum atomic E-state index is 12.3. The number of carbonyl (C=O) groups excluding carboxylic acids is 3. The molecule has 1 aromatic heterocycles. The number of aromatic nitrogens is 3. The van der Waals surface area contributed by atoms with Crippen LogP contribution in [0, 0.1) is 5.41 Å². The van der Waals surface area contributed by atoms with E-state index in [2.05, 4.69) is 10.3 Å². The molecule has 1 heterocycles. The van der Waals surface area contributed by atoms with Gasteiger partial charge in [0, 0.05) is 6.42 Å². The lowest BCUT2D eigenvalue weighted by atomic mass is 9.77. The van der Waals surface area contributed by atoms with Crippen LogP contribution in [0.5, 0.6) is 0 Å². The monoisotopic (exact) mass is 336 g/mol. The highest BCUT2D eigenvalue weighted by molar-refractivity contribution is 6.17. The summed E-state index contributed by atoms with van der Waals surface area (Å²) in [5, 5.41) is 16.4. The van der Waals surface area contributed by atoms with Crippen molar-refractivity contribution in [3.05, 3.63) is 23.5 Å². The number of primary amides is 1. The molecule has 2 rings (SSSR count). The Hall–Kier alpha value is -3.04. The number of carboxylic acid groups (broad SMARTS) is 1. The number of ketones is 1. The SMILES string of the molecule is CC1(C(=O)OCc2cn(CC(N)=O)nn2)C=C(C(=O)O)C(=O)CC1. The second kappa shape index (κ2) is 6.60. The quantitative estimate of drug-likeness (QED) is 0.504. The third-order valence-corrected chi connectivity index (χ3v) is 3.59. The molecule has 10 heteroatoms. The first kappa shape index (κ1) is 17.3. The predicted molar refractivity (Wildman–Crippen MR) is 77.1 cm³/mol. The Balaban J connectivity index is 2.04. The molecule has 1 aliphatic rings. The molecule has 0 aliphatic heterocycles. The maximum Gasteiger partial charge on any atom is 0.339 e. The zero-order chi connectivity index (χ0) is 17.9. The summed E-state index contributed by atoms with van der Waals surface area (Å²) in [6.45, 7) is 1.16. The largest absolute Gasteiger partial charge is 0.478 e. The Morgan fingerprint density at radius 1 is 1.46 bits per heavy atom. The zero-order valence-electron chi connectivity index (χ0n) is 12.9. The number of rotatable bonds is 6. The van der Waals surface area contributed by atoms with Gasteiger partial charge in [0.1, 0.15) is 18.8 Å². The van der Waals surface area contributed by atoms with Crippen LogP contribution in [-0.4, -0.2) is 43.7 Å². The van der Waals surface area contributed by atoms with Crippen molar-refractivity contribution in [2.75, 3.05) is 0 Å². The van der Waals surface area contributed by atoms with Gasteiger partial charge in [-0.25, -0.2) is 9.48 Å². The van der Waals surface area contributed by atoms with Crippen molar-refractivity contribution in [3.8, 4) is 0 Å². The number of amides is 1. The second-order valence-corrected chi connectivity index (χ2v) is 5.65. The molecular formula is C14H16N4O6. The number of hydrogen-bond acceptors (Lipinski definition) is 7. The molecule has 24 heavy (non-hydrogen) atoms. The van der Waals surface area contributed by atoms with Crippen LogP contribution in [0.4, 0.5) is 0 Å². The van der Waals surface area contributed by atoms with E-state index in [9.17, 15) is 19.2 Å². The van der Waals surface area contributed by atoms with Crippen molar-refractivity contribution in [2.45, 2.75) is 32.9 Å². The summed E-state index contributed by atoms with van der Waals surface area (Å²) >= 11 is 0. The van der Waals surface area contributed by atoms with Crippen molar-refractivity contribution >= 4 is 23.6 Å². The van der Waals surface area contributed by atoms with Crippen molar-refractivity contribution < 1.29 is 29.0 Å². The first-order valence-corrected chi connectivity index (χ1v) is 7.05. The van der Waals surface area contributed by atoms with Gasteiger partial charge in [-0.1, -0.05) is 5.21 Å². The van der Waals surface area contributed by atoms with Gasteiger partial charge in [0.15, 0.2) is 5.78 Å². The van der Waals surface area contributed by atoms with Gasteiger partial charge in [0.2, 0.25) is 5.91 Å². The number of carboxylic acids is 1. The fourth-order valence-electron chi connectivity index (χ4n) is 2.27. The lowest BCUT2D eigenvalue weighted by Gasteiger charge is -2.27. The molecule has 0 bridgehead atoms. The summed E-state index contributed by atoms with van der Waals surface area (Å²) in [6, 6.07) is 0. The Bertz CT molecular complexity index is 737. The minimum absolute atomic E-state index is 0.0431. The van der Waals surface area contributed by atoms with Crippen LogP contribution in [0.25, 0.3) is 0 Å². The van der Waals surface area contributed by atoms with E-state index in [1.54, 1.807) is 0 Å². The summed E-state index contributed by atoms with van der Waals surface area (Å²) < 4.78 is 6.34. The third kappa shape index (κ3) is 3.83. The van der Waals surface area contributed by atoms with Crippen LogP contribution >= 0.6 is 0 Å². The molecule has 0 radical (unpaired) electrons. The summed E-state index contributed by atoms with van der Waals surface area (Å²) in [7, 11) is 0. The van der Waals surface area contributed by atoms with E-state index >= 15 is 0 Å². The third-order valence-electron chi connectivity index (χ3n) is 3.59. The van der Waals surface area contributed by atoms with Crippen molar-refractivity contribution in [1.29, 1.82) is 0 Å². The van der Waals surface area contributed by atoms with Crippen LogP contribution in [0.3, 0.4) is 0 Å². The number of nitrogens with two attached hydrogens (primary N) is 1. The van der Waals surface area contributed by atoms with E-state index < -0.39 is 34.6 Å². The molecule has 10 nitrogen and oxygen atoms in total. The Morgan fingerprint density at radius 2 is 2.17 bits per heavy atom. The maximum absolute atomic E-state index is 12.3. The Kier molecular flexibility index (Phi) is 4.77. The van der Waals surface area contributed by atoms with Gasteiger partial charge in [-0.05, 0) is 19.4 Å². The van der Waals surface area contributed by atoms with Gasteiger partial charge in [0.25, 0.3) is 0 Å². The molecular weight excluding hydrogens is 320 g/mol. The van der Waals surface area contributed by atoms with E-state index in [-0.39, 0.29) is 26.0 Å². The van der Waals surface area contributed by atoms with Gasteiger partial charge in [0.05, 0.1) is 17.2 Å². The van der Waals surface area contributed by atoms with E-state index in [1.165, 1.54) is 17.8 Å². The number of Topliss-reactive ketones (excluding diaryl/α,β-unsaturated/α-hetero) is 1. The predicted octanol–water partition coefficient (Wildman–Crippen LogP) is -0.813. The molecule has 0 aromatic carbocycles. The number of nitrogens with zero attached hydrogens (tertiary/aromatic N) is 3. The minimum Gasteiger partial charge on any atom is -0.478 e. The molecule has 1 amide bonds. The van der Waals surface area contributed by atoms with Crippen molar-refractivity contribution in [2.24, 2.45) is 11.1 Å².